The monoisotopic (exact) mass is 275 g/mol. The van der Waals surface area contributed by atoms with E-state index in [-0.39, 0.29) is 5.92 Å². The third-order valence-electron chi connectivity index (χ3n) is 2.84. The van der Waals surface area contributed by atoms with Gasteiger partial charge in [-0.1, -0.05) is 44.5 Å². The van der Waals surface area contributed by atoms with Crippen molar-refractivity contribution in [3.63, 3.8) is 0 Å². The molecule has 1 aromatic carbocycles. The number of rotatable bonds is 4. The number of halogens is 1. The molecule has 0 spiro atoms. The number of benzene rings is 1. The van der Waals surface area contributed by atoms with E-state index in [9.17, 15) is 0 Å². The predicted molar refractivity (Wildman–Crippen MR) is 80.2 cm³/mol. The van der Waals surface area contributed by atoms with Crippen LogP contribution < -0.4 is 5.32 Å². The van der Waals surface area contributed by atoms with Crippen LogP contribution in [0.25, 0.3) is 0 Å². The van der Waals surface area contributed by atoms with E-state index in [0.717, 1.165) is 23.8 Å². The molecule has 1 N–H and O–H groups in total. The van der Waals surface area contributed by atoms with Crippen molar-refractivity contribution in [3.8, 4) is 0 Å². The first-order chi connectivity index (χ1) is 9.08. The van der Waals surface area contributed by atoms with Crippen LogP contribution in [0, 0.1) is 0 Å². The van der Waals surface area contributed by atoms with E-state index in [2.05, 4.69) is 34.3 Å². The molecule has 0 atom stereocenters. The Bertz CT molecular complexity index is 567. The molecule has 3 nitrogen and oxygen atoms in total. The molecule has 0 aliphatic rings. The van der Waals surface area contributed by atoms with Gasteiger partial charge in [0.15, 0.2) is 0 Å². The van der Waals surface area contributed by atoms with E-state index >= 15 is 0 Å². The Kier molecular flexibility index (Phi) is 4.38. The molecule has 100 valence electrons. The van der Waals surface area contributed by atoms with Crippen molar-refractivity contribution in [1.29, 1.82) is 0 Å². The molecule has 4 heteroatoms. The van der Waals surface area contributed by atoms with E-state index in [1.807, 2.05) is 26.0 Å². The zero-order valence-corrected chi connectivity index (χ0v) is 12.2. The highest BCUT2D eigenvalue weighted by Gasteiger charge is 2.07. The summed E-state index contributed by atoms with van der Waals surface area (Å²) in [5.41, 5.74) is 2.30. The fraction of sp³-hybridized carbons (Fsp3) is 0.333. The minimum atomic E-state index is 0.251. The van der Waals surface area contributed by atoms with E-state index in [0.29, 0.717) is 5.15 Å². The zero-order valence-electron chi connectivity index (χ0n) is 11.4. The predicted octanol–water partition coefficient (Wildman–Crippen LogP) is 4.56. The first-order valence-electron chi connectivity index (χ1n) is 6.49. The Morgan fingerprint density at radius 2 is 2.00 bits per heavy atom. The Morgan fingerprint density at radius 1 is 1.21 bits per heavy atom. The van der Waals surface area contributed by atoms with Gasteiger partial charge in [0.2, 0.25) is 0 Å². The largest absolute Gasteiger partial charge is 0.340 e. The molecule has 1 heterocycles. The van der Waals surface area contributed by atoms with Gasteiger partial charge in [0.1, 0.15) is 16.8 Å². The van der Waals surface area contributed by atoms with Crippen molar-refractivity contribution in [2.45, 2.75) is 33.1 Å². The van der Waals surface area contributed by atoms with E-state index < -0.39 is 0 Å². The lowest BCUT2D eigenvalue weighted by Gasteiger charge is -2.10. The molecular formula is C15H18ClN3. The first-order valence-corrected chi connectivity index (χ1v) is 6.86. The second-order valence-electron chi connectivity index (χ2n) is 4.77. The van der Waals surface area contributed by atoms with Crippen LogP contribution in [0.15, 0.2) is 30.3 Å². The lowest BCUT2D eigenvalue weighted by Crippen LogP contribution is -2.02. The highest BCUT2D eigenvalue weighted by Crippen LogP contribution is 2.21. The molecule has 0 amide bonds. The van der Waals surface area contributed by atoms with Crippen molar-refractivity contribution < 1.29 is 0 Å². The van der Waals surface area contributed by atoms with E-state index in [1.54, 1.807) is 6.07 Å². The third kappa shape index (κ3) is 3.67. The molecule has 1 aromatic heterocycles. The van der Waals surface area contributed by atoms with Crippen LogP contribution >= 0.6 is 11.6 Å². The number of aryl methyl sites for hydroxylation is 1. The molecular weight excluding hydrogens is 258 g/mol. The van der Waals surface area contributed by atoms with Gasteiger partial charge in [-0.25, -0.2) is 9.97 Å². The van der Waals surface area contributed by atoms with Gasteiger partial charge in [-0.2, -0.15) is 0 Å². The number of nitrogens with zero attached hydrogens (tertiary/aromatic N) is 2. The Balaban J connectivity index is 2.27. The van der Waals surface area contributed by atoms with Crippen molar-refractivity contribution in [3.05, 3.63) is 46.9 Å². The van der Waals surface area contributed by atoms with Crippen LogP contribution in [0.3, 0.4) is 0 Å². The maximum absolute atomic E-state index is 6.03. The van der Waals surface area contributed by atoms with Gasteiger partial charge in [-0.15, -0.1) is 0 Å². The minimum Gasteiger partial charge on any atom is -0.340 e. The second kappa shape index (κ2) is 6.02. The lowest BCUT2D eigenvalue weighted by atomic mass is 10.1. The van der Waals surface area contributed by atoms with Crippen LogP contribution in [-0.4, -0.2) is 9.97 Å². The molecule has 0 unspecified atom stereocenters. The van der Waals surface area contributed by atoms with Gasteiger partial charge < -0.3 is 5.32 Å². The number of aromatic nitrogens is 2. The summed E-state index contributed by atoms with van der Waals surface area (Å²) in [6.45, 7) is 6.23. The van der Waals surface area contributed by atoms with Crippen LogP contribution in [0.2, 0.25) is 5.15 Å². The number of nitrogens with one attached hydrogen (secondary N) is 1. The van der Waals surface area contributed by atoms with Gasteiger partial charge in [-0.3, -0.25) is 0 Å². The molecule has 2 rings (SSSR count). The van der Waals surface area contributed by atoms with E-state index in [1.165, 1.54) is 5.56 Å². The summed E-state index contributed by atoms with van der Waals surface area (Å²) in [4.78, 5) is 8.70. The maximum Gasteiger partial charge on any atom is 0.135 e. The fourth-order valence-corrected chi connectivity index (χ4v) is 1.96. The number of hydrogen-bond acceptors (Lipinski definition) is 3. The van der Waals surface area contributed by atoms with Crippen LogP contribution in [0.1, 0.15) is 38.1 Å². The Morgan fingerprint density at radius 3 is 2.68 bits per heavy atom. The van der Waals surface area contributed by atoms with Crippen LogP contribution in [0.4, 0.5) is 11.5 Å². The maximum atomic E-state index is 6.03. The van der Waals surface area contributed by atoms with Gasteiger partial charge in [0, 0.05) is 17.7 Å². The fourth-order valence-electron chi connectivity index (χ4n) is 1.77. The molecule has 0 saturated heterocycles. The molecule has 2 aromatic rings. The minimum absolute atomic E-state index is 0.251. The second-order valence-corrected chi connectivity index (χ2v) is 5.15. The van der Waals surface area contributed by atoms with Gasteiger partial charge >= 0.3 is 0 Å². The van der Waals surface area contributed by atoms with Crippen LogP contribution in [0.5, 0.6) is 0 Å². The molecule has 0 bridgehead atoms. The Labute approximate surface area is 119 Å². The first kappa shape index (κ1) is 13.8. The molecule has 19 heavy (non-hydrogen) atoms. The zero-order chi connectivity index (χ0) is 13.8. The van der Waals surface area contributed by atoms with Crippen LogP contribution in [-0.2, 0) is 6.42 Å². The molecule has 0 aliphatic carbocycles. The molecule has 0 aliphatic heterocycles. The summed E-state index contributed by atoms with van der Waals surface area (Å²) in [6, 6.07) is 10.0. The van der Waals surface area contributed by atoms with Crippen molar-refractivity contribution in [2.75, 3.05) is 5.32 Å². The summed E-state index contributed by atoms with van der Waals surface area (Å²) in [7, 11) is 0. The number of hydrogen-bond donors (Lipinski definition) is 1. The topological polar surface area (TPSA) is 37.8 Å². The average molecular weight is 276 g/mol. The SMILES string of the molecule is CCc1cccc(Nc2cc(Cl)nc(C(C)C)n2)c1. The van der Waals surface area contributed by atoms with Crippen molar-refractivity contribution >= 4 is 23.1 Å². The summed E-state index contributed by atoms with van der Waals surface area (Å²) >= 11 is 6.03. The summed E-state index contributed by atoms with van der Waals surface area (Å²) in [6.07, 6.45) is 1.01. The normalized spacial score (nSPS) is 10.8. The summed E-state index contributed by atoms with van der Waals surface area (Å²) < 4.78 is 0. The van der Waals surface area contributed by atoms with Crippen molar-refractivity contribution in [1.82, 2.24) is 9.97 Å². The summed E-state index contributed by atoms with van der Waals surface area (Å²) in [5, 5.41) is 3.74. The third-order valence-corrected chi connectivity index (χ3v) is 3.03. The van der Waals surface area contributed by atoms with Gasteiger partial charge in [-0.05, 0) is 24.1 Å². The standard InChI is InChI=1S/C15H18ClN3/c1-4-11-6-5-7-12(8-11)17-14-9-13(16)18-15(19-14)10(2)3/h5-10H,4H2,1-3H3,(H,17,18,19). The summed E-state index contributed by atoms with van der Waals surface area (Å²) in [5.74, 6) is 1.74. The van der Waals surface area contributed by atoms with E-state index in [4.69, 9.17) is 11.6 Å². The number of anilines is 2. The molecule has 0 saturated carbocycles. The molecule has 0 radical (unpaired) electrons. The highest BCUT2D eigenvalue weighted by atomic mass is 35.5. The molecule has 0 fully saturated rings. The quantitative estimate of drug-likeness (QED) is 0.831. The Hall–Kier alpha value is -1.61. The smallest absolute Gasteiger partial charge is 0.135 e. The van der Waals surface area contributed by atoms with Crippen molar-refractivity contribution in [2.24, 2.45) is 0 Å². The van der Waals surface area contributed by atoms with Gasteiger partial charge in [0.05, 0.1) is 0 Å². The average Bonchev–Trinajstić information content (AvgIpc) is 2.38. The van der Waals surface area contributed by atoms with Gasteiger partial charge in [0.25, 0.3) is 0 Å². The lowest BCUT2D eigenvalue weighted by molar-refractivity contribution is 0.776. The highest BCUT2D eigenvalue weighted by molar-refractivity contribution is 6.29.